The Morgan fingerprint density at radius 3 is 2.60 bits per heavy atom. The highest BCUT2D eigenvalue weighted by molar-refractivity contribution is 6.32. The first-order valence-electron chi connectivity index (χ1n) is 4.81. The van der Waals surface area contributed by atoms with Crippen molar-refractivity contribution in [3.05, 3.63) is 33.8 Å². The van der Waals surface area contributed by atoms with Crippen LogP contribution >= 0.6 is 11.6 Å². The summed E-state index contributed by atoms with van der Waals surface area (Å²) in [5, 5.41) is 18.0. The van der Waals surface area contributed by atoms with Gasteiger partial charge < -0.3 is 0 Å². The van der Waals surface area contributed by atoms with Gasteiger partial charge in [-0.25, -0.2) is 0 Å². The maximum Gasteiger partial charge on any atom is 0.101 e. The molecule has 0 saturated heterocycles. The van der Waals surface area contributed by atoms with Gasteiger partial charge >= 0.3 is 0 Å². The van der Waals surface area contributed by atoms with Gasteiger partial charge in [0.05, 0.1) is 23.1 Å². The largest absolute Gasteiger partial charge is 0.198 e. The van der Waals surface area contributed by atoms with E-state index in [4.69, 9.17) is 22.1 Å². The van der Waals surface area contributed by atoms with Gasteiger partial charge in [0.15, 0.2) is 0 Å². The SMILES string of the molecule is CCCc1c(CC#N)ccc(C#N)c1Cl. The number of hydrogen-bond acceptors (Lipinski definition) is 2. The van der Waals surface area contributed by atoms with Gasteiger partial charge in [-0.1, -0.05) is 31.0 Å². The Balaban J connectivity index is 3.26. The first-order valence-corrected chi connectivity index (χ1v) is 5.19. The van der Waals surface area contributed by atoms with Gasteiger partial charge in [-0.2, -0.15) is 10.5 Å². The third-order valence-electron chi connectivity index (χ3n) is 2.23. The lowest BCUT2D eigenvalue weighted by molar-refractivity contribution is 0.906. The third-order valence-corrected chi connectivity index (χ3v) is 2.66. The fourth-order valence-electron chi connectivity index (χ4n) is 1.52. The Morgan fingerprint density at radius 2 is 2.07 bits per heavy atom. The molecule has 0 aliphatic heterocycles. The maximum absolute atomic E-state index is 8.83. The summed E-state index contributed by atoms with van der Waals surface area (Å²) in [5.74, 6) is 0. The van der Waals surface area contributed by atoms with Gasteiger partial charge in [0.2, 0.25) is 0 Å². The van der Waals surface area contributed by atoms with Crippen molar-refractivity contribution >= 4 is 11.6 Å². The molecular formula is C12H11ClN2. The molecule has 1 rings (SSSR count). The monoisotopic (exact) mass is 218 g/mol. The average Bonchev–Trinajstić information content (AvgIpc) is 2.24. The van der Waals surface area contributed by atoms with E-state index in [1.54, 1.807) is 6.07 Å². The maximum atomic E-state index is 8.83. The van der Waals surface area contributed by atoms with Crippen LogP contribution in [0.2, 0.25) is 5.02 Å². The van der Waals surface area contributed by atoms with E-state index < -0.39 is 0 Å². The highest BCUT2D eigenvalue weighted by Crippen LogP contribution is 2.26. The zero-order chi connectivity index (χ0) is 11.3. The highest BCUT2D eigenvalue weighted by Gasteiger charge is 2.10. The molecule has 0 heterocycles. The van der Waals surface area contributed by atoms with E-state index in [0.717, 1.165) is 24.0 Å². The summed E-state index contributed by atoms with van der Waals surface area (Å²) in [7, 11) is 0. The Bertz CT molecular complexity index is 438. The second-order valence-corrected chi connectivity index (χ2v) is 3.64. The second-order valence-electron chi connectivity index (χ2n) is 3.26. The van der Waals surface area contributed by atoms with Crippen molar-refractivity contribution in [2.45, 2.75) is 26.2 Å². The predicted molar refractivity (Wildman–Crippen MR) is 59.5 cm³/mol. The summed E-state index contributed by atoms with van der Waals surface area (Å²) in [6.45, 7) is 2.05. The number of hydrogen-bond donors (Lipinski definition) is 0. The zero-order valence-corrected chi connectivity index (χ0v) is 9.30. The molecule has 0 fully saturated rings. The number of halogens is 1. The topological polar surface area (TPSA) is 47.6 Å². The van der Waals surface area contributed by atoms with Gasteiger partial charge in [-0.3, -0.25) is 0 Å². The molecule has 0 spiro atoms. The standard InChI is InChI=1S/C12H11ClN2/c1-2-3-11-9(6-7-14)4-5-10(8-15)12(11)13/h4-5H,2-3,6H2,1H3. The summed E-state index contributed by atoms with van der Waals surface area (Å²) < 4.78 is 0. The minimum absolute atomic E-state index is 0.348. The summed E-state index contributed by atoms with van der Waals surface area (Å²) in [6.07, 6.45) is 2.11. The number of nitriles is 2. The normalized spacial score (nSPS) is 9.33. The zero-order valence-electron chi connectivity index (χ0n) is 8.55. The molecule has 0 radical (unpaired) electrons. The average molecular weight is 219 g/mol. The van der Waals surface area contributed by atoms with Crippen molar-refractivity contribution in [1.82, 2.24) is 0 Å². The summed E-state index contributed by atoms with van der Waals surface area (Å²) in [4.78, 5) is 0. The molecule has 0 N–H and O–H groups in total. The first kappa shape index (κ1) is 11.6. The van der Waals surface area contributed by atoms with Crippen LogP contribution in [-0.4, -0.2) is 0 Å². The summed E-state index contributed by atoms with van der Waals surface area (Å²) >= 11 is 6.10. The fourth-order valence-corrected chi connectivity index (χ4v) is 1.84. The number of nitrogens with zero attached hydrogens (tertiary/aromatic N) is 2. The van der Waals surface area contributed by atoms with Crippen molar-refractivity contribution in [1.29, 1.82) is 10.5 Å². The molecule has 0 saturated carbocycles. The van der Waals surface area contributed by atoms with Gasteiger partial charge in [-0.05, 0) is 23.6 Å². The Labute approximate surface area is 94.7 Å². The molecule has 0 unspecified atom stereocenters. The molecule has 0 aromatic heterocycles. The van der Waals surface area contributed by atoms with Crippen molar-refractivity contribution in [3.63, 3.8) is 0 Å². The van der Waals surface area contributed by atoms with Crippen LogP contribution in [0.3, 0.4) is 0 Å². The van der Waals surface area contributed by atoms with Crippen LogP contribution in [0.1, 0.15) is 30.0 Å². The molecule has 0 aliphatic carbocycles. The lowest BCUT2D eigenvalue weighted by Gasteiger charge is -2.09. The predicted octanol–water partition coefficient (Wildman–Crippen LogP) is 3.23. The molecule has 1 aromatic rings. The molecule has 0 aliphatic rings. The molecule has 1 aromatic carbocycles. The molecule has 3 heteroatoms. The van der Waals surface area contributed by atoms with Crippen LogP contribution in [0.15, 0.2) is 12.1 Å². The highest BCUT2D eigenvalue weighted by atomic mass is 35.5. The first-order chi connectivity index (χ1) is 7.24. The van der Waals surface area contributed by atoms with Crippen LogP contribution in [0.4, 0.5) is 0 Å². The number of rotatable bonds is 3. The molecule has 15 heavy (non-hydrogen) atoms. The third kappa shape index (κ3) is 2.49. The number of benzene rings is 1. The van der Waals surface area contributed by atoms with E-state index in [-0.39, 0.29) is 0 Å². The van der Waals surface area contributed by atoms with Crippen LogP contribution in [0.25, 0.3) is 0 Å². The second kappa shape index (κ2) is 5.39. The van der Waals surface area contributed by atoms with E-state index in [1.807, 2.05) is 19.1 Å². The molecule has 0 bridgehead atoms. The van der Waals surface area contributed by atoms with Crippen molar-refractivity contribution in [2.24, 2.45) is 0 Å². The van der Waals surface area contributed by atoms with Gasteiger partial charge in [0, 0.05) is 0 Å². The van der Waals surface area contributed by atoms with Gasteiger partial charge in [0.25, 0.3) is 0 Å². The van der Waals surface area contributed by atoms with Crippen LogP contribution in [0, 0.1) is 22.7 Å². The van der Waals surface area contributed by atoms with E-state index >= 15 is 0 Å². The van der Waals surface area contributed by atoms with E-state index in [1.165, 1.54) is 0 Å². The summed E-state index contributed by atoms with van der Waals surface area (Å²) in [6, 6.07) is 7.65. The van der Waals surface area contributed by atoms with Crippen molar-refractivity contribution < 1.29 is 0 Å². The van der Waals surface area contributed by atoms with Crippen molar-refractivity contribution in [2.75, 3.05) is 0 Å². The lowest BCUT2D eigenvalue weighted by Crippen LogP contribution is -1.96. The van der Waals surface area contributed by atoms with Crippen LogP contribution < -0.4 is 0 Å². The molecular weight excluding hydrogens is 208 g/mol. The Morgan fingerprint density at radius 1 is 1.33 bits per heavy atom. The molecule has 2 nitrogen and oxygen atoms in total. The molecule has 76 valence electrons. The minimum Gasteiger partial charge on any atom is -0.198 e. The smallest absolute Gasteiger partial charge is 0.101 e. The molecule has 0 amide bonds. The summed E-state index contributed by atoms with van der Waals surface area (Å²) in [5.41, 5.74) is 2.37. The van der Waals surface area contributed by atoms with Gasteiger partial charge in [0.1, 0.15) is 6.07 Å². The lowest BCUT2D eigenvalue weighted by atomic mass is 9.98. The molecule has 0 atom stereocenters. The minimum atomic E-state index is 0.348. The van der Waals surface area contributed by atoms with Crippen LogP contribution in [-0.2, 0) is 12.8 Å². The van der Waals surface area contributed by atoms with E-state index in [2.05, 4.69) is 6.07 Å². The fraction of sp³-hybridized carbons (Fsp3) is 0.333. The van der Waals surface area contributed by atoms with E-state index in [0.29, 0.717) is 17.0 Å². The van der Waals surface area contributed by atoms with Gasteiger partial charge in [-0.15, -0.1) is 0 Å². The Hall–Kier alpha value is -1.51. The van der Waals surface area contributed by atoms with Crippen molar-refractivity contribution in [3.8, 4) is 12.1 Å². The van der Waals surface area contributed by atoms with Crippen LogP contribution in [0.5, 0.6) is 0 Å². The Kier molecular flexibility index (Phi) is 4.16. The van der Waals surface area contributed by atoms with E-state index in [9.17, 15) is 0 Å². The quantitative estimate of drug-likeness (QED) is 0.782.